The van der Waals surface area contributed by atoms with E-state index in [0.717, 1.165) is 3.82 Å². The van der Waals surface area contributed by atoms with Gasteiger partial charge in [0.2, 0.25) is 0 Å². The van der Waals surface area contributed by atoms with Gasteiger partial charge in [0.25, 0.3) is 0 Å². The number of aromatic nitrogens is 2. The molecular weight excluding hydrogens is 128 g/mol. The average Bonchev–Trinajstić information content (AvgIpc) is 1.69. The number of hydrogen-bond acceptors (Lipinski definition) is 4. The van der Waals surface area contributed by atoms with Crippen molar-refractivity contribution in [2.45, 2.75) is 0 Å². The zero-order chi connectivity index (χ0) is 5.11. The van der Waals surface area contributed by atoms with Crippen LogP contribution < -0.4 is 0 Å². The van der Waals surface area contributed by atoms with Gasteiger partial charge in [-0.1, -0.05) is 23.6 Å². The molecule has 1 heterocycles. The average molecular weight is 129 g/mol. The predicted octanol–water partition coefficient (Wildman–Crippen LogP) is 1.07. The first-order valence-corrected chi connectivity index (χ1v) is 2.81. The van der Waals surface area contributed by atoms with Crippen LogP contribution in [-0.2, 0) is 0 Å². The molecule has 0 N–H and O–H groups in total. The number of hydrogen-bond donors (Lipinski definition) is 0. The first kappa shape index (κ1) is 4.80. The highest BCUT2D eigenvalue weighted by molar-refractivity contribution is 7.73. The second kappa shape index (κ2) is 2.09. The van der Waals surface area contributed by atoms with E-state index in [0.29, 0.717) is 0 Å². The zero-order valence-corrected chi connectivity index (χ0v) is 4.92. The van der Waals surface area contributed by atoms with E-state index in [1.807, 2.05) is 0 Å². The largest absolute Gasteiger partial charge is 0.178 e. The summed E-state index contributed by atoms with van der Waals surface area (Å²) in [4.78, 5) is 0. The molecule has 4 heteroatoms. The lowest BCUT2D eigenvalue weighted by atomic mass is 11.0. The van der Waals surface area contributed by atoms with E-state index in [1.54, 1.807) is 0 Å². The maximum Gasteiger partial charge on any atom is 0.178 e. The molecule has 0 spiro atoms. The fourth-order valence-electron chi connectivity index (χ4n) is 0.191. The van der Waals surface area contributed by atoms with E-state index in [4.69, 9.17) is 12.2 Å². The van der Waals surface area contributed by atoms with Crippen molar-refractivity contribution in [1.29, 1.82) is 0 Å². The van der Waals surface area contributed by atoms with Crippen molar-refractivity contribution in [1.82, 2.24) is 10.2 Å². The Morgan fingerprint density at radius 3 is 3.00 bits per heavy atom. The summed E-state index contributed by atoms with van der Waals surface area (Å²) in [7, 11) is 0. The summed E-state index contributed by atoms with van der Waals surface area (Å²) in [6, 6.07) is 0. The second-order valence-corrected chi connectivity index (χ2v) is 2.38. The molecule has 0 aromatic carbocycles. The fourth-order valence-corrected chi connectivity index (χ4v) is 0.628. The minimum atomic E-state index is 0.718. The van der Waals surface area contributed by atoms with E-state index < -0.39 is 0 Å². The Labute approximate surface area is 49.8 Å². The van der Waals surface area contributed by atoms with E-state index in [1.165, 1.54) is 17.5 Å². The Hall–Kier alpha value is -0.350. The quantitative estimate of drug-likeness (QED) is 0.490. The molecule has 2 nitrogen and oxygen atoms in total. The van der Waals surface area contributed by atoms with Gasteiger partial charge in [-0.05, 0) is 0 Å². The molecule has 1 aromatic heterocycles. The van der Waals surface area contributed by atoms with E-state index >= 15 is 0 Å². The summed E-state index contributed by atoms with van der Waals surface area (Å²) in [5, 5.41) is 6.91. The molecule has 0 fully saturated rings. The summed E-state index contributed by atoms with van der Waals surface area (Å²) in [6.45, 7) is 0. The van der Waals surface area contributed by atoms with Crippen molar-refractivity contribution in [3.8, 4) is 0 Å². The van der Waals surface area contributed by atoms with E-state index in [9.17, 15) is 0 Å². The molecule has 0 amide bonds. The SMILES string of the molecule is S=c1cnn[c]s1. The van der Waals surface area contributed by atoms with Crippen LogP contribution in [0.5, 0.6) is 0 Å². The minimum absolute atomic E-state index is 0.718. The molecule has 0 aliphatic carbocycles. The molecule has 1 rings (SSSR count). The molecule has 0 aliphatic heterocycles. The van der Waals surface area contributed by atoms with Crippen molar-refractivity contribution in [3.63, 3.8) is 0 Å². The third-order valence-corrected chi connectivity index (χ3v) is 1.24. The molecular formula is C3HN2S2. The lowest BCUT2D eigenvalue weighted by molar-refractivity contribution is 1.05. The van der Waals surface area contributed by atoms with Gasteiger partial charge in [-0.15, -0.1) is 5.10 Å². The minimum Gasteiger partial charge on any atom is -0.155 e. The van der Waals surface area contributed by atoms with E-state index in [-0.39, 0.29) is 0 Å². The predicted molar refractivity (Wildman–Crippen MR) is 29.6 cm³/mol. The first-order chi connectivity index (χ1) is 3.39. The third-order valence-electron chi connectivity index (χ3n) is 0.408. The van der Waals surface area contributed by atoms with Crippen LogP contribution in [-0.4, -0.2) is 10.2 Å². The highest BCUT2D eigenvalue weighted by atomic mass is 32.1. The fraction of sp³-hybridized carbons (Fsp3) is 0. The van der Waals surface area contributed by atoms with Gasteiger partial charge < -0.3 is 0 Å². The van der Waals surface area contributed by atoms with Gasteiger partial charge in [-0.2, -0.15) is 5.10 Å². The van der Waals surface area contributed by atoms with E-state index in [2.05, 4.69) is 15.7 Å². The smallest absolute Gasteiger partial charge is 0.155 e. The van der Waals surface area contributed by atoms with Crippen LogP contribution in [0.3, 0.4) is 0 Å². The van der Waals surface area contributed by atoms with Gasteiger partial charge in [-0.25, -0.2) is 0 Å². The molecule has 1 aromatic rings. The van der Waals surface area contributed by atoms with Crippen molar-refractivity contribution >= 4 is 23.6 Å². The van der Waals surface area contributed by atoms with Crippen LogP contribution in [0.15, 0.2) is 6.20 Å². The van der Waals surface area contributed by atoms with Gasteiger partial charge >= 0.3 is 0 Å². The summed E-state index contributed by atoms with van der Waals surface area (Å²) >= 11 is 5.98. The maximum atomic E-state index is 4.70. The topological polar surface area (TPSA) is 25.8 Å². The van der Waals surface area contributed by atoms with Gasteiger partial charge in [0, 0.05) is 0 Å². The Morgan fingerprint density at radius 1 is 1.86 bits per heavy atom. The standard InChI is InChI=1S/C3HN2S2/c6-3-1-4-5-2-7-3/h1H. The Morgan fingerprint density at radius 2 is 2.71 bits per heavy atom. The molecule has 0 bridgehead atoms. The number of rotatable bonds is 0. The summed E-state index contributed by atoms with van der Waals surface area (Å²) in [5.74, 6) is 0. The Bertz CT molecular complexity index is 177. The monoisotopic (exact) mass is 129 g/mol. The molecule has 35 valence electrons. The van der Waals surface area contributed by atoms with Crippen LogP contribution in [0.4, 0.5) is 0 Å². The summed E-state index contributed by atoms with van der Waals surface area (Å²) < 4.78 is 0.718. The Balaban J connectivity index is 3.28. The first-order valence-electron chi connectivity index (χ1n) is 1.58. The molecule has 7 heavy (non-hydrogen) atoms. The maximum absolute atomic E-state index is 4.70. The normalized spacial score (nSPS) is 8.57. The van der Waals surface area contributed by atoms with Crippen molar-refractivity contribution < 1.29 is 0 Å². The van der Waals surface area contributed by atoms with Gasteiger partial charge in [0.05, 0.1) is 6.20 Å². The Kier molecular flexibility index (Phi) is 1.43. The number of nitrogens with zero attached hydrogens (tertiary/aromatic N) is 2. The van der Waals surface area contributed by atoms with Gasteiger partial charge in [0.1, 0.15) is 3.82 Å². The van der Waals surface area contributed by atoms with Crippen molar-refractivity contribution in [2.24, 2.45) is 0 Å². The highest BCUT2D eigenvalue weighted by Gasteiger charge is 1.71. The molecule has 0 saturated heterocycles. The zero-order valence-electron chi connectivity index (χ0n) is 3.29. The lowest BCUT2D eigenvalue weighted by Gasteiger charge is -1.69. The van der Waals surface area contributed by atoms with Crippen molar-refractivity contribution in [2.75, 3.05) is 0 Å². The second-order valence-electron chi connectivity index (χ2n) is 0.857. The van der Waals surface area contributed by atoms with Crippen LogP contribution >= 0.6 is 23.6 Å². The lowest BCUT2D eigenvalue weighted by Crippen LogP contribution is -1.70. The molecule has 0 aliphatic rings. The van der Waals surface area contributed by atoms with Crippen LogP contribution in [0, 0.1) is 9.33 Å². The summed E-state index contributed by atoms with van der Waals surface area (Å²) in [5.41, 5.74) is 2.54. The molecule has 0 saturated carbocycles. The third kappa shape index (κ3) is 1.29. The molecule has 0 atom stereocenters. The van der Waals surface area contributed by atoms with Crippen LogP contribution in [0.1, 0.15) is 0 Å². The van der Waals surface area contributed by atoms with Gasteiger partial charge in [-0.3, -0.25) is 0 Å². The van der Waals surface area contributed by atoms with Crippen LogP contribution in [0.2, 0.25) is 0 Å². The molecule has 1 radical (unpaired) electrons. The van der Waals surface area contributed by atoms with Crippen LogP contribution in [0.25, 0.3) is 0 Å². The molecule has 0 unspecified atom stereocenters. The summed E-state index contributed by atoms with van der Waals surface area (Å²) in [6.07, 6.45) is 1.52. The van der Waals surface area contributed by atoms with Gasteiger partial charge in [0.15, 0.2) is 5.51 Å². The van der Waals surface area contributed by atoms with Crippen molar-refractivity contribution in [3.05, 3.63) is 15.5 Å². The highest BCUT2D eigenvalue weighted by Crippen LogP contribution is 1.89.